The van der Waals surface area contributed by atoms with E-state index in [-0.39, 0.29) is 17.1 Å². The molecule has 0 saturated heterocycles. The Balaban J connectivity index is -0.000000188. The average molecular weight is 320 g/mol. The van der Waals surface area contributed by atoms with Gasteiger partial charge < -0.3 is 29.4 Å². The Bertz CT molecular complexity index is 342. The van der Waals surface area contributed by atoms with Gasteiger partial charge in [0.2, 0.25) is 0 Å². The predicted molar refractivity (Wildman–Crippen MR) is 64.7 cm³/mol. The number of hydrogen-bond donors (Lipinski definition) is 0. The number of imidazole rings is 2. The first-order chi connectivity index (χ1) is 8.62. The summed E-state index contributed by atoms with van der Waals surface area (Å²) in [6.45, 7) is 0. The van der Waals surface area contributed by atoms with Gasteiger partial charge in [0.1, 0.15) is 0 Å². The fourth-order valence-corrected chi connectivity index (χ4v) is 0.652. The zero-order chi connectivity index (χ0) is 14.2. The van der Waals surface area contributed by atoms with E-state index in [9.17, 15) is 0 Å². The fourth-order valence-electron chi connectivity index (χ4n) is 0.652. The van der Waals surface area contributed by atoms with Gasteiger partial charge in [0, 0.05) is 38.9 Å². The molecular formula is C8H12CuN6O4. The first kappa shape index (κ1) is 22.0. The second-order valence-corrected chi connectivity index (χ2v) is 2.61. The summed E-state index contributed by atoms with van der Waals surface area (Å²) in [5.41, 5.74) is 0. The van der Waals surface area contributed by atoms with Crippen LogP contribution in [0.4, 0.5) is 0 Å². The van der Waals surface area contributed by atoms with Crippen LogP contribution in [0.25, 0.3) is 0 Å². The molecule has 0 aliphatic carbocycles. The van der Waals surface area contributed by atoms with Crippen LogP contribution in [0.2, 0.25) is 0 Å². The summed E-state index contributed by atoms with van der Waals surface area (Å²) in [6, 6.07) is 0. The number of aryl methyl sites for hydroxylation is 2. The summed E-state index contributed by atoms with van der Waals surface area (Å²) in [5.74, 6) is 0. The minimum Gasteiger partial charge on any atom is -0.444 e. The minimum absolute atomic E-state index is 0. The first-order valence-corrected chi connectivity index (χ1v) is 4.36. The van der Waals surface area contributed by atoms with Gasteiger partial charge in [0.05, 0.1) is 12.7 Å². The molecule has 0 aromatic carbocycles. The van der Waals surface area contributed by atoms with Gasteiger partial charge in [-0.2, -0.15) is 0 Å². The van der Waals surface area contributed by atoms with Crippen molar-refractivity contribution in [2.24, 2.45) is 24.8 Å². The van der Waals surface area contributed by atoms with Crippen LogP contribution in [0.3, 0.4) is 0 Å². The van der Waals surface area contributed by atoms with Crippen LogP contribution < -0.4 is 0 Å². The molecule has 0 aliphatic rings. The second-order valence-electron chi connectivity index (χ2n) is 2.61. The van der Waals surface area contributed by atoms with Crippen LogP contribution in [0, 0.1) is 20.2 Å². The topological polar surface area (TPSA) is 141 Å². The quantitative estimate of drug-likeness (QED) is 0.407. The first-order valence-electron chi connectivity index (χ1n) is 4.36. The van der Waals surface area contributed by atoms with Crippen LogP contribution in [-0.2, 0) is 31.2 Å². The van der Waals surface area contributed by atoms with Crippen LogP contribution in [0.1, 0.15) is 0 Å². The third-order valence-corrected chi connectivity index (χ3v) is 1.27. The van der Waals surface area contributed by atoms with E-state index < -0.39 is 0 Å². The molecule has 10 nitrogen and oxygen atoms in total. The molecular weight excluding hydrogens is 308 g/mol. The molecule has 2 aromatic rings. The Hall–Kier alpha value is -2.26. The maximum atomic E-state index is 8.00. The number of nitrogens with zero attached hydrogens (tertiary/aromatic N) is 6. The summed E-state index contributed by atoms with van der Waals surface area (Å²) >= 11 is 0. The van der Waals surface area contributed by atoms with E-state index >= 15 is 0 Å². The van der Waals surface area contributed by atoms with Gasteiger partial charge in [-0.25, -0.2) is 9.97 Å². The smallest absolute Gasteiger partial charge is 0.444 e. The normalized spacial score (nSPS) is 6.84. The van der Waals surface area contributed by atoms with Gasteiger partial charge in [-0.15, -0.1) is 10.7 Å². The van der Waals surface area contributed by atoms with Gasteiger partial charge in [0.15, 0.2) is 0 Å². The summed E-state index contributed by atoms with van der Waals surface area (Å²) in [5, 5.41) is 18.0. The molecule has 109 valence electrons. The van der Waals surface area contributed by atoms with Gasteiger partial charge in [-0.3, -0.25) is 0 Å². The third-order valence-electron chi connectivity index (χ3n) is 1.27. The van der Waals surface area contributed by atoms with Gasteiger partial charge in [0.25, 0.3) is 0 Å². The van der Waals surface area contributed by atoms with Crippen LogP contribution >= 0.6 is 0 Å². The Kier molecular flexibility index (Phi) is 20.9. The molecule has 2 rings (SSSR count). The summed E-state index contributed by atoms with van der Waals surface area (Å²) in [6.07, 6.45) is 10.8. The van der Waals surface area contributed by atoms with Crippen molar-refractivity contribution in [3.05, 3.63) is 57.7 Å². The fraction of sp³-hybridized carbons (Fsp3) is 0.250. The largest absolute Gasteiger partial charge is 2.00 e. The van der Waals surface area contributed by atoms with Crippen molar-refractivity contribution in [1.82, 2.24) is 19.1 Å². The number of aromatic nitrogens is 4. The van der Waals surface area contributed by atoms with Crippen LogP contribution in [-0.4, -0.2) is 19.1 Å². The molecule has 1 radical (unpaired) electrons. The van der Waals surface area contributed by atoms with E-state index in [0.717, 1.165) is 10.7 Å². The molecule has 11 heteroatoms. The van der Waals surface area contributed by atoms with Crippen molar-refractivity contribution in [1.29, 1.82) is 0 Å². The maximum absolute atomic E-state index is 8.00. The van der Waals surface area contributed by atoms with Crippen molar-refractivity contribution < 1.29 is 17.1 Å². The Morgan fingerprint density at radius 2 is 1.16 bits per heavy atom. The second kappa shape index (κ2) is 18.1. The van der Waals surface area contributed by atoms with E-state index in [1.165, 1.54) is 0 Å². The van der Waals surface area contributed by atoms with Crippen molar-refractivity contribution in [2.45, 2.75) is 0 Å². The van der Waals surface area contributed by atoms with Crippen molar-refractivity contribution in [3.63, 3.8) is 0 Å². The van der Waals surface area contributed by atoms with Gasteiger partial charge in [-0.1, -0.05) is 0 Å². The summed E-state index contributed by atoms with van der Waals surface area (Å²) in [4.78, 5) is 23.6. The van der Waals surface area contributed by atoms with Crippen molar-refractivity contribution in [2.75, 3.05) is 0 Å². The van der Waals surface area contributed by atoms with E-state index in [4.69, 9.17) is 20.2 Å². The SMILES string of the molecule is Cn1ccnc1.Cn1ccnc1.O=N[O-].O=N[O-].[Cu+2]. The molecule has 0 atom stereocenters. The molecule has 2 aromatic heterocycles. The molecule has 19 heavy (non-hydrogen) atoms. The molecule has 0 aliphatic heterocycles. The van der Waals surface area contributed by atoms with Gasteiger partial charge >= 0.3 is 17.1 Å². The monoisotopic (exact) mass is 319 g/mol. The number of hydrogen-bond acceptors (Lipinski definition) is 8. The predicted octanol–water partition coefficient (Wildman–Crippen LogP) is 1.34. The zero-order valence-corrected chi connectivity index (χ0v) is 11.0. The van der Waals surface area contributed by atoms with Gasteiger partial charge in [-0.05, 0) is 0 Å². The zero-order valence-electron chi connectivity index (χ0n) is 10.1. The molecule has 0 N–H and O–H groups in total. The third kappa shape index (κ3) is 21.6. The van der Waals surface area contributed by atoms with Crippen molar-refractivity contribution >= 4 is 0 Å². The van der Waals surface area contributed by atoms with Crippen LogP contribution in [0.5, 0.6) is 0 Å². The average Bonchev–Trinajstić information content (AvgIpc) is 2.95. The van der Waals surface area contributed by atoms with Crippen LogP contribution in [0.15, 0.2) is 48.1 Å². The molecule has 0 amide bonds. The summed E-state index contributed by atoms with van der Waals surface area (Å²) < 4.78 is 3.78. The molecule has 0 fully saturated rings. The van der Waals surface area contributed by atoms with E-state index in [1.54, 1.807) is 25.0 Å². The molecule has 2 heterocycles. The minimum atomic E-state index is 0. The molecule has 0 unspecified atom stereocenters. The molecule has 0 saturated carbocycles. The number of rotatable bonds is 0. The Morgan fingerprint density at radius 3 is 1.21 bits per heavy atom. The van der Waals surface area contributed by atoms with E-state index in [2.05, 4.69) is 9.97 Å². The maximum Gasteiger partial charge on any atom is 2.00 e. The van der Waals surface area contributed by atoms with E-state index in [1.807, 2.05) is 35.6 Å². The van der Waals surface area contributed by atoms with Crippen molar-refractivity contribution in [3.8, 4) is 0 Å². The Labute approximate surface area is 119 Å². The molecule has 0 spiro atoms. The van der Waals surface area contributed by atoms with E-state index in [0.29, 0.717) is 0 Å². The molecule has 0 bridgehead atoms. The Morgan fingerprint density at radius 1 is 0.895 bits per heavy atom. The summed E-state index contributed by atoms with van der Waals surface area (Å²) in [7, 11) is 3.88. The standard InChI is InChI=1S/2C4H6N2.Cu.2HNO2/c2*1-6-3-2-5-4-6;;2*2-1-3/h2*2-4H,1H3;;2*(H,2,3)/q;;+2;;/p-2.